The van der Waals surface area contributed by atoms with E-state index < -0.39 is 5.79 Å². The Morgan fingerprint density at radius 3 is 2.55 bits per heavy atom. The Morgan fingerprint density at radius 1 is 1.10 bits per heavy atom. The Kier molecular flexibility index (Phi) is 5.55. The molecular formula is C21H25N3O5. The van der Waals surface area contributed by atoms with Crippen molar-refractivity contribution >= 4 is 17.3 Å². The van der Waals surface area contributed by atoms with Crippen LogP contribution in [0.2, 0.25) is 0 Å². The number of carbonyl (C=O) groups excluding carboxylic acids is 1. The summed E-state index contributed by atoms with van der Waals surface area (Å²) < 4.78 is 22.1. The average molecular weight is 399 g/mol. The molecule has 1 N–H and O–H groups in total. The predicted molar refractivity (Wildman–Crippen MR) is 108 cm³/mol. The number of pyridine rings is 1. The predicted octanol–water partition coefficient (Wildman–Crippen LogP) is 2.69. The summed E-state index contributed by atoms with van der Waals surface area (Å²) >= 11 is 0. The van der Waals surface area contributed by atoms with Crippen molar-refractivity contribution in [2.24, 2.45) is 0 Å². The minimum Gasteiger partial charge on any atom is -0.497 e. The molecule has 8 heteroatoms. The van der Waals surface area contributed by atoms with Gasteiger partial charge in [0.2, 0.25) is 0 Å². The number of nitrogens with one attached hydrogen (secondary N) is 1. The van der Waals surface area contributed by atoms with Crippen LogP contribution in [0, 0.1) is 0 Å². The third-order valence-corrected chi connectivity index (χ3v) is 5.34. The van der Waals surface area contributed by atoms with E-state index in [1.54, 1.807) is 44.8 Å². The van der Waals surface area contributed by atoms with Crippen molar-refractivity contribution in [1.82, 2.24) is 4.98 Å². The van der Waals surface area contributed by atoms with Crippen molar-refractivity contribution in [2.45, 2.75) is 18.6 Å². The van der Waals surface area contributed by atoms with Gasteiger partial charge in [0.15, 0.2) is 5.79 Å². The van der Waals surface area contributed by atoms with Gasteiger partial charge in [-0.15, -0.1) is 0 Å². The highest BCUT2D eigenvalue weighted by Gasteiger charge is 2.39. The number of hydrogen-bond donors (Lipinski definition) is 1. The van der Waals surface area contributed by atoms with Crippen molar-refractivity contribution in [2.75, 3.05) is 50.7 Å². The van der Waals surface area contributed by atoms with Gasteiger partial charge in [0, 0.05) is 38.2 Å². The summed E-state index contributed by atoms with van der Waals surface area (Å²) in [5.74, 6) is 0.497. The average Bonchev–Trinajstić information content (AvgIpc) is 3.22. The molecule has 2 aromatic rings. The van der Waals surface area contributed by atoms with Crippen molar-refractivity contribution in [3.8, 4) is 11.5 Å². The summed E-state index contributed by atoms with van der Waals surface area (Å²) in [5, 5.41) is 2.88. The second-order valence-electron chi connectivity index (χ2n) is 7.05. The summed E-state index contributed by atoms with van der Waals surface area (Å²) in [6.45, 7) is 2.89. The van der Waals surface area contributed by atoms with Crippen molar-refractivity contribution in [1.29, 1.82) is 0 Å². The Hall–Kier alpha value is -2.84. The van der Waals surface area contributed by atoms with Gasteiger partial charge in [0.25, 0.3) is 5.91 Å². The number of benzene rings is 1. The van der Waals surface area contributed by atoms with Gasteiger partial charge in [0.05, 0.1) is 50.6 Å². The Balaban J connectivity index is 1.47. The fraction of sp³-hybridized carbons (Fsp3) is 0.429. The molecule has 4 rings (SSSR count). The third kappa shape index (κ3) is 4.13. The number of rotatable bonds is 5. The van der Waals surface area contributed by atoms with E-state index in [0.717, 1.165) is 31.6 Å². The Bertz CT molecular complexity index is 872. The van der Waals surface area contributed by atoms with Gasteiger partial charge in [-0.25, -0.2) is 0 Å². The van der Waals surface area contributed by atoms with Gasteiger partial charge in [0.1, 0.15) is 11.5 Å². The van der Waals surface area contributed by atoms with E-state index in [-0.39, 0.29) is 5.91 Å². The molecule has 0 aliphatic carbocycles. The third-order valence-electron chi connectivity index (χ3n) is 5.34. The minimum atomic E-state index is -0.429. The SMILES string of the molecule is COc1ccc(OC)c(NC(=O)c2cncc(N3CCC4(CC3)OCCO4)c2)c1. The number of ether oxygens (including phenoxy) is 4. The first-order valence-corrected chi connectivity index (χ1v) is 9.64. The molecule has 3 heterocycles. The molecule has 1 aromatic carbocycles. The molecule has 0 saturated carbocycles. The lowest BCUT2D eigenvalue weighted by molar-refractivity contribution is -0.169. The van der Waals surface area contributed by atoms with Crippen LogP contribution in [0.5, 0.6) is 11.5 Å². The maximum atomic E-state index is 12.8. The van der Waals surface area contributed by atoms with Crippen LogP contribution in [0.1, 0.15) is 23.2 Å². The van der Waals surface area contributed by atoms with E-state index >= 15 is 0 Å². The number of hydrogen-bond acceptors (Lipinski definition) is 7. The lowest BCUT2D eigenvalue weighted by Gasteiger charge is -2.38. The lowest BCUT2D eigenvalue weighted by Crippen LogP contribution is -2.45. The highest BCUT2D eigenvalue weighted by atomic mass is 16.7. The van der Waals surface area contributed by atoms with Crippen LogP contribution in [-0.4, -0.2) is 57.2 Å². The zero-order chi connectivity index (χ0) is 20.3. The van der Waals surface area contributed by atoms with Crippen LogP contribution in [-0.2, 0) is 9.47 Å². The number of carbonyl (C=O) groups is 1. The molecule has 2 aliphatic heterocycles. The van der Waals surface area contributed by atoms with Crippen LogP contribution in [0.4, 0.5) is 11.4 Å². The molecule has 0 radical (unpaired) electrons. The Morgan fingerprint density at radius 2 is 1.86 bits per heavy atom. The summed E-state index contributed by atoms with van der Waals surface area (Å²) in [4.78, 5) is 19.3. The first-order chi connectivity index (χ1) is 14.1. The van der Waals surface area contributed by atoms with Crippen LogP contribution < -0.4 is 19.7 Å². The van der Waals surface area contributed by atoms with E-state index in [2.05, 4.69) is 15.2 Å². The van der Waals surface area contributed by atoms with Gasteiger partial charge in [-0.3, -0.25) is 9.78 Å². The summed E-state index contributed by atoms with van der Waals surface area (Å²) in [6.07, 6.45) is 4.92. The van der Waals surface area contributed by atoms with Crippen LogP contribution in [0.15, 0.2) is 36.7 Å². The summed E-state index contributed by atoms with van der Waals surface area (Å²) in [6, 6.07) is 7.10. The molecule has 1 amide bonds. The molecule has 0 unspecified atom stereocenters. The number of nitrogens with zero attached hydrogens (tertiary/aromatic N) is 2. The first kappa shape index (κ1) is 19.5. The second kappa shape index (κ2) is 8.26. The first-order valence-electron chi connectivity index (χ1n) is 9.64. The summed E-state index contributed by atoms with van der Waals surface area (Å²) in [5.41, 5.74) is 1.92. The van der Waals surface area contributed by atoms with E-state index in [9.17, 15) is 4.79 Å². The summed E-state index contributed by atoms with van der Waals surface area (Å²) in [7, 11) is 3.13. The molecule has 0 atom stereocenters. The zero-order valence-corrected chi connectivity index (χ0v) is 16.6. The second-order valence-corrected chi connectivity index (χ2v) is 7.05. The van der Waals surface area contributed by atoms with E-state index in [1.165, 1.54) is 0 Å². The fourth-order valence-electron chi connectivity index (χ4n) is 3.72. The molecule has 1 spiro atoms. The molecule has 29 heavy (non-hydrogen) atoms. The molecule has 1 aromatic heterocycles. The number of amides is 1. The molecule has 0 bridgehead atoms. The van der Waals surface area contributed by atoms with Crippen LogP contribution in [0.25, 0.3) is 0 Å². The molecule has 2 aliphatic rings. The lowest BCUT2D eigenvalue weighted by atomic mass is 10.0. The highest BCUT2D eigenvalue weighted by molar-refractivity contribution is 6.05. The maximum absolute atomic E-state index is 12.8. The van der Waals surface area contributed by atoms with Gasteiger partial charge in [-0.05, 0) is 18.2 Å². The van der Waals surface area contributed by atoms with Gasteiger partial charge in [-0.1, -0.05) is 0 Å². The van der Waals surface area contributed by atoms with Gasteiger partial charge >= 0.3 is 0 Å². The van der Waals surface area contributed by atoms with Gasteiger partial charge in [-0.2, -0.15) is 0 Å². The fourth-order valence-corrected chi connectivity index (χ4v) is 3.72. The number of piperidine rings is 1. The molecular weight excluding hydrogens is 374 g/mol. The smallest absolute Gasteiger partial charge is 0.257 e. The quantitative estimate of drug-likeness (QED) is 0.828. The van der Waals surface area contributed by atoms with Crippen LogP contribution >= 0.6 is 0 Å². The van der Waals surface area contributed by atoms with E-state index in [1.807, 2.05) is 6.07 Å². The van der Waals surface area contributed by atoms with Crippen molar-refractivity contribution in [3.63, 3.8) is 0 Å². The zero-order valence-electron chi connectivity index (χ0n) is 16.6. The normalized spacial score (nSPS) is 17.9. The van der Waals surface area contributed by atoms with Crippen LogP contribution in [0.3, 0.4) is 0 Å². The maximum Gasteiger partial charge on any atom is 0.257 e. The Labute approximate surface area is 169 Å². The number of methoxy groups -OCH3 is 2. The minimum absolute atomic E-state index is 0.262. The van der Waals surface area contributed by atoms with Crippen molar-refractivity contribution < 1.29 is 23.7 Å². The monoisotopic (exact) mass is 399 g/mol. The molecule has 2 saturated heterocycles. The van der Waals surface area contributed by atoms with E-state index in [4.69, 9.17) is 18.9 Å². The largest absolute Gasteiger partial charge is 0.497 e. The molecule has 2 fully saturated rings. The van der Waals surface area contributed by atoms with Gasteiger partial charge < -0.3 is 29.2 Å². The number of aromatic nitrogens is 1. The standard InChI is InChI=1S/C21H25N3O5/c1-26-17-3-4-19(27-2)18(12-17)23-20(25)15-11-16(14-22-13-15)24-7-5-21(6-8-24)28-9-10-29-21/h3-4,11-14H,5-10H2,1-2H3,(H,23,25). The number of anilines is 2. The molecule has 154 valence electrons. The highest BCUT2D eigenvalue weighted by Crippen LogP contribution is 2.33. The molecule has 8 nitrogen and oxygen atoms in total. The van der Waals surface area contributed by atoms with Crippen molar-refractivity contribution in [3.05, 3.63) is 42.2 Å². The van der Waals surface area contributed by atoms with E-state index in [0.29, 0.717) is 36.0 Å². The topological polar surface area (TPSA) is 82.2 Å².